The number of carbonyl (C=O) groups excluding carboxylic acids is 1. The summed E-state index contributed by atoms with van der Waals surface area (Å²) in [7, 11) is 0. The lowest BCUT2D eigenvalue weighted by molar-refractivity contribution is -0.561. The third-order valence-electron chi connectivity index (χ3n) is 7.45. The van der Waals surface area contributed by atoms with Crippen molar-refractivity contribution < 1.29 is 76.5 Å². The summed E-state index contributed by atoms with van der Waals surface area (Å²) in [6, 6.07) is 0. The van der Waals surface area contributed by atoms with Crippen LogP contribution in [-0.2, 0) is 14.3 Å². The Bertz CT molecular complexity index is 837. The van der Waals surface area contributed by atoms with Crippen molar-refractivity contribution in [3.63, 3.8) is 0 Å². The van der Waals surface area contributed by atoms with Crippen molar-refractivity contribution in [1.82, 2.24) is 0 Å². The van der Waals surface area contributed by atoms with Crippen LogP contribution in [0.15, 0.2) is 0 Å². The molecule has 1 saturated heterocycles. The van der Waals surface area contributed by atoms with Gasteiger partial charge in [0, 0.05) is 5.92 Å². The predicted molar refractivity (Wildman–Crippen MR) is 96.3 cm³/mol. The van der Waals surface area contributed by atoms with Crippen molar-refractivity contribution in [3.8, 4) is 0 Å². The second-order valence-corrected chi connectivity index (χ2v) is 9.57. The van der Waals surface area contributed by atoms with E-state index in [0.717, 1.165) is 0 Å². The summed E-state index contributed by atoms with van der Waals surface area (Å²) in [5, 5.41) is 9.92. The molecule has 0 radical (unpaired) electrons. The van der Waals surface area contributed by atoms with Gasteiger partial charge >= 0.3 is 42.1 Å². The van der Waals surface area contributed by atoms with E-state index in [1.54, 1.807) is 0 Å². The number of ether oxygens (including phenoxy) is 2. The molecule has 0 spiro atoms. The van der Waals surface area contributed by atoms with Crippen molar-refractivity contribution in [2.24, 2.45) is 11.3 Å². The molecule has 1 N–H and O–H groups in total. The smallest absolute Gasteiger partial charge is 0.445 e. The molecule has 0 aromatic rings. The van der Waals surface area contributed by atoms with E-state index in [2.05, 4.69) is 9.47 Å². The van der Waals surface area contributed by atoms with E-state index >= 15 is 17.6 Å². The Kier molecular flexibility index (Phi) is 7.49. The maximum Gasteiger partial charge on any atom is 0.449 e. The average Bonchev–Trinajstić information content (AvgIpc) is 2.73. The van der Waals surface area contributed by atoms with E-state index < -0.39 is 90.9 Å². The van der Waals surface area contributed by atoms with Crippen LogP contribution in [-0.4, -0.2) is 58.4 Å². The van der Waals surface area contributed by atoms with Crippen LogP contribution in [0.2, 0.25) is 0 Å². The Morgan fingerprint density at radius 3 is 1.70 bits per heavy atom. The second-order valence-electron chi connectivity index (χ2n) is 9.57. The minimum atomic E-state index is -6.93. The summed E-state index contributed by atoms with van der Waals surface area (Å²) in [6.07, 6.45) is -23.2. The summed E-state index contributed by atoms with van der Waals surface area (Å²) in [6.45, 7) is -0.153. The number of esters is 1. The number of carbonyl (C=O) groups is 1. The number of alkyl halides is 13. The molecule has 1 aliphatic carbocycles. The fourth-order valence-corrected chi connectivity index (χ4v) is 4.65. The van der Waals surface area contributed by atoms with Gasteiger partial charge < -0.3 is 14.6 Å². The lowest BCUT2D eigenvalue weighted by Crippen LogP contribution is -2.89. The molecule has 0 aromatic heterocycles. The van der Waals surface area contributed by atoms with Crippen molar-refractivity contribution in [3.05, 3.63) is 0 Å². The quantitative estimate of drug-likeness (QED) is 0.300. The average molecular weight is 574 g/mol. The molecule has 17 heteroatoms. The highest BCUT2D eigenvalue weighted by atomic mass is 19.4. The van der Waals surface area contributed by atoms with Gasteiger partial charge in [-0.1, -0.05) is 26.2 Å². The lowest BCUT2D eigenvalue weighted by atomic mass is 9.62. The van der Waals surface area contributed by atoms with Gasteiger partial charge in [-0.2, -0.15) is 57.1 Å². The van der Waals surface area contributed by atoms with Gasteiger partial charge in [0.25, 0.3) is 0 Å². The highest BCUT2D eigenvalue weighted by molar-refractivity contribution is 5.78. The van der Waals surface area contributed by atoms with Gasteiger partial charge in [-0.25, -0.2) is 0 Å². The minimum Gasteiger partial charge on any atom is -0.445 e. The van der Waals surface area contributed by atoms with Gasteiger partial charge in [0.1, 0.15) is 0 Å². The Hall–Kier alpha value is -1.52. The van der Waals surface area contributed by atoms with E-state index in [0.29, 0.717) is 6.92 Å². The first-order valence-electron chi connectivity index (χ1n) is 10.9. The zero-order valence-electron chi connectivity index (χ0n) is 19.4. The van der Waals surface area contributed by atoms with Gasteiger partial charge in [0.15, 0.2) is 5.41 Å². The first-order valence-corrected chi connectivity index (χ1v) is 10.9. The molecule has 0 aromatic carbocycles. The van der Waals surface area contributed by atoms with Crippen LogP contribution < -0.4 is 0 Å². The monoisotopic (exact) mass is 574 g/mol. The van der Waals surface area contributed by atoms with E-state index in [4.69, 9.17) is 0 Å². The zero-order chi connectivity index (χ0) is 29.3. The van der Waals surface area contributed by atoms with Gasteiger partial charge in [0.05, 0.1) is 0 Å². The van der Waals surface area contributed by atoms with Crippen molar-refractivity contribution in [2.75, 3.05) is 0 Å². The summed E-state index contributed by atoms with van der Waals surface area (Å²) in [5.41, 5.74) is -15.1. The van der Waals surface area contributed by atoms with Crippen molar-refractivity contribution in [2.45, 2.75) is 107 Å². The lowest BCUT2D eigenvalue weighted by Gasteiger charge is -2.62. The number of hydrogen-bond acceptors (Lipinski definition) is 4. The van der Waals surface area contributed by atoms with E-state index in [1.165, 1.54) is 0 Å². The van der Waals surface area contributed by atoms with Crippen molar-refractivity contribution in [1.29, 1.82) is 0 Å². The van der Waals surface area contributed by atoms with Gasteiger partial charge in [-0.3, -0.25) is 4.79 Å². The van der Waals surface area contributed by atoms with Crippen LogP contribution in [0.3, 0.4) is 0 Å². The molecule has 1 aliphatic heterocycles. The summed E-state index contributed by atoms with van der Waals surface area (Å²) in [5.74, 6) is -25.1. The van der Waals surface area contributed by atoms with Crippen molar-refractivity contribution >= 4 is 5.97 Å². The fourth-order valence-electron chi connectivity index (χ4n) is 4.65. The third kappa shape index (κ3) is 3.99. The van der Waals surface area contributed by atoms with Crippen LogP contribution in [0, 0.1) is 11.3 Å². The summed E-state index contributed by atoms with van der Waals surface area (Å²) in [4.78, 5) is 12.7. The van der Waals surface area contributed by atoms with Gasteiger partial charge in [-0.15, -0.1) is 0 Å². The summed E-state index contributed by atoms with van der Waals surface area (Å²) >= 11 is 0. The van der Waals surface area contributed by atoms with E-state index in [1.807, 2.05) is 0 Å². The molecular weight excluding hydrogens is 551 g/mol. The molecule has 37 heavy (non-hydrogen) atoms. The van der Waals surface area contributed by atoms with E-state index in [-0.39, 0.29) is 26.2 Å². The van der Waals surface area contributed by atoms with Crippen LogP contribution in [0.1, 0.15) is 59.3 Å². The molecule has 2 aliphatic rings. The largest absolute Gasteiger partial charge is 0.449 e. The van der Waals surface area contributed by atoms with E-state index in [9.17, 15) is 49.4 Å². The molecule has 1 heterocycles. The second kappa shape index (κ2) is 8.74. The highest BCUT2D eigenvalue weighted by Gasteiger charge is 2.97. The highest BCUT2D eigenvalue weighted by Crippen LogP contribution is 2.69. The Labute approximate surface area is 201 Å². The Morgan fingerprint density at radius 2 is 1.35 bits per heavy atom. The topological polar surface area (TPSA) is 55.8 Å². The van der Waals surface area contributed by atoms with Crippen LogP contribution in [0.5, 0.6) is 0 Å². The fraction of sp³-hybridized carbons (Fsp3) is 0.950. The molecule has 2 fully saturated rings. The molecular formula is C20H23F13O4. The molecule has 4 unspecified atom stereocenters. The van der Waals surface area contributed by atoms with Crippen LogP contribution >= 0.6 is 0 Å². The maximum atomic E-state index is 15.9. The molecule has 4 atom stereocenters. The SMILES string of the molecule is CCC(C)(C(=O)OC1(C2CCCCC2)C(F)(F)C(C)(C(F)(F)F)OC(O)(C(F)(F)F)C1(F)F)C(F)(F)F. The molecule has 1 saturated carbocycles. The molecule has 0 amide bonds. The standard InChI is InChI=1S/C20H23F13O4/c1-4-12(2,18(25,26)27)11(34)36-14(10-8-6-5-7-9-10)15(21,22)13(3,19(28,29)30)37-17(35,16(14,23)24)20(31,32)33/h10,35H,4-9H2,1-3H3. The number of hydrogen-bond donors (Lipinski definition) is 1. The van der Waals surface area contributed by atoms with Gasteiger partial charge in [0.2, 0.25) is 11.2 Å². The maximum absolute atomic E-state index is 15.9. The molecule has 2 rings (SSSR count). The molecule has 4 nitrogen and oxygen atoms in total. The van der Waals surface area contributed by atoms with Crippen LogP contribution in [0.4, 0.5) is 57.1 Å². The zero-order valence-corrected chi connectivity index (χ0v) is 19.4. The van der Waals surface area contributed by atoms with Gasteiger partial charge in [-0.05, 0) is 33.1 Å². The number of aliphatic hydroxyl groups is 1. The first-order chi connectivity index (χ1) is 16.3. The molecule has 218 valence electrons. The van der Waals surface area contributed by atoms with Crippen LogP contribution in [0.25, 0.3) is 0 Å². The number of halogens is 13. The third-order valence-corrected chi connectivity index (χ3v) is 7.45. The minimum absolute atomic E-state index is 0.00156. The predicted octanol–water partition coefficient (Wildman–Crippen LogP) is 6.70. The number of rotatable bonds is 4. The first kappa shape index (κ1) is 31.7. The molecule has 0 bridgehead atoms. The summed E-state index contributed by atoms with van der Waals surface area (Å²) < 4.78 is 194. The normalized spacial score (nSPS) is 35.1. The Morgan fingerprint density at radius 1 is 0.892 bits per heavy atom. The Balaban J connectivity index is 3.06.